The number of hydrogen-bond acceptors (Lipinski definition) is 8. The van der Waals surface area contributed by atoms with Gasteiger partial charge in [-0.2, -0.15) is 0 Å². The average molecular weight is 392 g/mol. The predicted molar refractivity (Wildman–Crippen MR) is 94.7 cm³/mol. The van der Waals surface area contributed by atoms with Crippen molar-refractivity contribution in [2.45, 2.75) is 70.4 Å². The molecule has 1 spiro atoms. The van der Waals surface area contributed by atoms with Crippen LogP contribution in [0.4, 0.5) is 0 Å². The molecular weight excluding hydrogens is 368 g/mol. The van der Waals surface area contributed by atoms with Crippen LogP contribution in [0.3, 0.4) is 0 Å². The molecule has 0 radical (unpaired) electrons. The summed E-state index contributed by atoms with van der Waals surface area (Å²) in [5, 5.41) is 0. The molecule has 0 aromatic heterocycles. The lowest BCUT2D eigenvalue weighted by molar-refractivity contribution is -0.239. The normalized spacial score (nSPS) is 31.1. The minimum absolute atomic E-state index is 0.118. The molecule has 1 aliphatic heterocycles. The van der Waals surface area contributed by atoms with E-state index in [-0.39, 0.29) is 6.10 Å². The Morgan fingerprint density at radius 2 is 1.57 bits per heavy atom. The van der Waals surface area contributed by atoms with Crippen molar-refractivity contribution in [1.82, 2.24) is 0 Å². The molecular formula is C20H24O8. The monoisotopic (exact) mass is 392 g/mol. The number of rotatable bonds is 6. The second-order valence-electron chi connectivity index (χ2n) is 7.09. The third-order valence-electron chi connectivity index (χ3n) is 4.79. The van der Waals surface area contributed by atoms with Gasteiger partial charge in [0, 0.05) is 33.6 Å². The minimum Gasteiger partial charge on any atom is -0.455 e. The third kappa shape index (κ3) is 4.51. The summed E-state index contributed by atoms with van der Waals surface area (Å²) in [6, 6.07) is 9.74. The molecule has 1 saturated carbocycles. The fourth-order valence-corrected chi connectivity index (χ4v) is 3.67. The van der Waals surface area contributed by atoms with Gasteiger partial charge in [0.2, 0.25) is 12.4 Å². The summed E-state index contributed by atoms with van der Waals surface area (Å²) >= 11 is 0. The molecule has 1 aromatic carbocycles. The Kier molecular flexibility index (Phi) is 6.00. The van der Waals surface area contributed by atoms with Crippen LogP contribution in [0, 0.1) is 0 Å². The summed E-state index contributed by atoms with van der Waals surface area (Å²) in [5.74, 6) is -1.71. The maximum atomic E-state index is 11.6. The summed E-state index contributed by atoms with van der Waals surface area (Å²) in [6.45, 7) is 4.17. The molecule has 3 atom stereocenters. The fourth-order valence-electron chi connectivity index (χ4n) is 3.67. The zero-order valence-corrected chi connectivity index (χ0v) is 16.1. The Morgan fingerprint density at radius 3 is 2.14 bits per heavy atom. The maximum Gasteiger partial charge on any atom is 0.305 e. The van der Waals surface area contributed by atoms with Crippen molar-refractivity contribution in [2.75, 3.05) is 0 Å². The van der Waals surface area contributed by atoms with E-state index >= 15 is 0 Å². The van der Waals surface area contributed by atoms with Crippen molar-refractivity contribution in [3.05, 3.63) is 35.9 Å². The molecule has 3 rings (SSSR count). The standard InChI is InChI=1S/C20H24O8/c1-12(21)25-17-18(26-13(2)22)20(28-19(17)27-14(3)23)9-16(10-20)24-11-15-7-5-4-6-8-15/h4-8,16-19H,9-11H2,1-3H3/t16-,17-,18+,19+,20+/m1/s1. The van der Waals surface area contributed by atoms with Gasteiger partial charge in [-0.3, -0.25) is 14.4 Å². The summed E-state index contributed by atoms with van der Waals surface area (Å²) in [5.41, 5.74) is 0.121. The molecule has 1 aliphatic carbocycles. The first-order valence-electron chi connectivity index (χ1n) is 9.14. The highest BCUT2D eigenvalue weighted by Crippen LogP contribution is 2.50. The number of carbonyl (C=O) groups is 3. The smallest absolute Gasteiger partial charge is 0.305 e. The van der Waals surface area contributed by atoms with Gasteiger partial charge in [0.25, 0.3) is 0 Å². The van der Waals surface area contributed by atoms with Crippen molar-refractivity contribution in [3.8, 4) is 0 Å². The van der Waals surface area contributed by atoms with Crippen LogP contribution in [0.5, 0.6) is 0 Å². The zero-order valence-electron chi connectivity index (χ0n) is 16.1. The van der Waals surface area contributed by atoms with E-state index in [0.29, 0.717) is 19.4 Å². The molecule has 2 aliphatic rings. The number of esters is 3. The van der Waals surface area contributed by atoms with Crippen LogP contribution in [0.15, 0.2) is 30.3 Å². The van der Waals surface area contributed by atoms with Gasteiger partial charge >= 0.3 is 17.9 Å². The molecule has 0 amide bonds. The van der Waals surface area contributed by atoms with Crippen molar-refractivity contribution in [1.29, 1.82) is 0 Å². The Morgan fingerprint density at radius 1 is 0.964 bits per heavy atom. The van der Waals surface area contributed by atoms with Crippen molar-refractivity contribution in [3.63, 3.8) is 0 Å². The van der Waals surface area contributed by atoms with Gasteiger partial charge in [-0.05, 0) is 5.56 Å². The minimum atomic E-state index is -1.14. The molecule has 1 saturated heterocycles. The second-order valence-corrected chi connectivity index (χ2v) is 7.09. The van der Waals surface area contributed by atoms with Gasteiger partial charge in [0.1, 0.15) is 5.60 Å². The number of hydrogen-bond donors (Lipinski definition) is 0. The molecule has 8 nitrogen and oxygen atoms in total. The van der Waals surface area contributed by atoms with E-state index < -0.39 is 42.0 Å². The van der Waals surface area contributed by atoms with Crippen molar-refractivity contribution in [2.24, 2.45) is 0 Å². The lowest BCUT2D eigenvalue weighted by Gasteiger charge is -2.46. The Balaban J connectivity index is 1.70. The Hall–Kier alpha value is -2.45. The van der Waals surface area contributed by atoms with Gasteiger partial charge < -0.3 is 23.7 Å². The van der Waals surface area contributed by atoms with Gasteiger partial charge in [-0.25, -0.2) is 0 Å². The van der Waals surface area contributed by atoms with E-state index in [2.05, 4.69) is 0 Å². The van der Waals surface area contributed by atoms with E-state index in [0.717, 1.165) is 5.56 Å². The van der Waals surface area contributed by atoms with Gasteiger partial charge in [-0.15, -0.1) is 0 Å². The van der Waals surface area contributed by atoms with Crippen LogP contribution in [-0.4, -0.2) is 48.1 Å². The van der Waals surface area contributed by atoms with Crippen LogP contribution in [-0.2, 0) is 44.7 Å². The highest BCUT2D eigenvalue weighted by molar-refractivity contribution is 5.68. The number of ether oxygens (including phenoxy) is 5. The van der Waals surface area contributed by atoms with Gasteiger partial charge in [0.05, 0.1) is 12.7 Å². The quantitative estimate of drug-likeness (QED) is 0.535. The van der Waals surface area contributed by atoms with Crippen LogP contribution in [0.1, 0.15) is 39.2 Å². The molecule has 0 unspecified atom stereocenters. The third-order valence-corrected chi connectivity index (χ3v) is 4.79. The molecule has 28 heavy (non-hydrogen) atoms. The maximum absolute atomic E-state index is 11.6. The van der Waals surface area contributed by atoms with Gasteiger partial charge in [0.15, 0.2) is 6.10 Å². The largest absolute Gasteiger partial charge is 0.455 e. The van der Waals surface area contributed by atoms with E-state index in [1.54, 1.807) is 0 Å². The fraction of sp³-hybridized carbons (Fsp3) is 0.550. The van der Waals surface area contributed by atoms with Crippen LogP contribution >= 0.6 is 0 Å². The first-order chi connectivity index (χ1) is 13.3. The van der Waals surface area contributed by atoms with Crippen LogP contribution in [0.2, 0.25) is 0 Å². The van der Waals surface area contributed by atoms with E-state index in [1.165, 1.54) is 20.8 Å². The first-order valence-corrected chi connectivity index (χ1v) is 9.14. The lowest BCUT2D eigenvalue weighted by atomic mass is 9.73. The summed E-state index contributed by atoms with van der Waals surface area (Å²) in [4.78, 5) is 34.6. The molecule has 152 valence electrons. The van der Waals surface area contributed by atoms with E-state index in [4.69, 9.17) is 23.7 Å². The molecule has 0 bridgehead atoms. The topological polar surface area (TPSA) is 97.4 Å². The average Bonchev–Trinajstić information content (AvgIpc) is 2.85. The highest BCUT2D eigenvalue weighted by Gasteiger charge is 2.66. The zero-order chi connectivity index (χ0) is 20.3. The molecule has 2 fully saturated rings. The van der Waals surface area contributed by atoms with E-state index in [9.17, 15) is 14.4 Å². The number of carbonyl (C=O) groups excluding carboxylic acids is 3. The molecule has 8 heteroatoms. The first kappa shape index (κ1) is 20.3. The van der Waals surface area contributed by atoms with Crippen molar-refractivity contribution < 1.29 is 38.1 Å². The molecule has 1 heterocycles. The SMILES string of the molecule is CC(=O)O[C@H]1O[C@]2(C[C@@H](OCc3ccccc3)C2)[C@@H](OC(C)=O)[C@H]1OC(C)=O. The Labute approximate surface area is 163 Å². The van der Waals surface area contributed by atoms with Crippen molar-refractivity contribution >= 4 is 17.9 Å². The summed E-state index contributed by atoms with van der Waals surface area (Å²) in [6.07, 6.45) is -2.32. The second kappa shape index (κ2) is 8.28. The predicted octanol–water partition coefficient (Wildman–Crippen LogP) is 1.89. The molecule has 0 N–H and O–H groups in total. The van der Waals surface area contributed by atoms with Gasteiger partial charge in [-0.1, -0.05) is 30.3 Å². The number of benzene rings is 1. The highest BCUT2D eigenvalue weighted by atomic mass is 16.8. The summed E-state index contributed by atoms with van der Waals surface area (Å²) in [7, 11) is 0. The van der Waals surface area contributed by atoms with Crippen LogP contribution in [0.25, 0.3) is 0 Å². The molecule has 1 aromatic rings. The van der Waals surface area contributed by atoms with Crippen LogP contribution < -0.4 is 0 Å². The lowest BCUT2D eigenvalue weighted by Crippen LogP contribution is -2.57. The van der Waals surface area contributed by atoms with E-state index in [1.807, 2.05) is 30.3 Å². The Bertz CT molecular complexity index is 725. The summed E-state index contributed by atoms with van der Waals surface area (Å²) < 4.78 is 27.7.